The number of nitrogens with one attached hydrogen (secondary N) is 1. The first-order valence-electron chi connectivity index (χ1n) is 10.6. The summed E-state index contributed by atoms with van der Waals surface area (Å²) in [6, 6.07) is 1.06. The van der Waals surface area contributed by atoms with E-state index in [1.165, 1.54) is 11.0 Å². The Bertz CT molecular complexity index is 856. The molecule has 1 N–H and O–H groups in total. The molecule has 172 valence electrons. The minimum Gasteiger partial charge on any atom is -0.377 e. The molecule has 3 aliphatic rings. The third-order valence-corrected chi connectivity index (χ3v) is 6.10. The summed E-state index contributed by atoms with van der Waals surface area (Å²) in [7, 11) is 0. The number of aromatic amines is 1. The van der Waals surface area contributed by atoms with Gasteiger partial charge in [-0.25, -0.2) is 0 Å². The summed E-state index contributed by atoms with van der Waals surface area (Å²) in [5, 5.41) is 0. The van der Waals surface area contributed by atoms with Gasteiger partial charge in [0.25, 0.3) is 11.5 Å². The first kappa shape index (κ1) is 21.9. The molecule has 4 heterocycles. The number of rotatable bonds is 3. The van der Waals surface area contributed by atoms with Crippen LogP contribution in [-0.2, 0) is 14.3 Å². The molecule has 1 aromatic rings. The Morgan fingerprint density at radius 2 is 1.97 bits per heavy atom. The predicted octanol–water partition coefficient (Wildman–Crippen LogP) is 1.36. The molecule has 3 atom stereocenters. The molecule has 0 spiro atoms. The number of morpholine rings is 1. The number of piperazine rings is 1. The lowest BCUT2D eigenvalue weighted by Crippen LogP contribution is -2.61. The quantitative estimate of drug-likeness (QED) is 0.759. The predicted molar refractivity (Wildman–Crippen MR) is 107 cm³/mol. The fourth-order valence-electron chi connectivity index (χ4n) is 4.47. The highest BCUT2D eigenvalue weighted by Gasteiger charge is 2.48. The van der Waals surface area contributed by atoms with Crippen LogP contribution in [0.15, 0.2) is 16.9 Å². The number of hydrogen-bond donors (Lipinski definition) is 1. The SMILES string of the molecule is CC1COCCN1c1cc(N2CCN(C(=O)C3CCCO3)CC2C(F)(F)F)[nH]c(=O)c1. The number of hydrogen-bond acceptors (Lipinski definition) is 6. The minimum absolute atomic E-state index is 0.00249. The Morgan fingerprint density at radius 1 is 1.16 bits per heavy atom. The van der Waals surface area contributed by atoms with E-state index in [4.69, 9.17) is 9.47 Å². The number of ether oxygens (including phenoxy) is 2. The average molecular weight is 444 g/mol. The van der Waals surface area contributed by atoms with Gasteiger partial charge < -0.3 is 29.2 Å². The van der Waals surface area contributed by atoms with Gasteiger partial charge in [-0.2, -0.15) is 13.2 Å². The van der Waals surface area contributed by atoms with Crippen molar-refractivity contribution < 1.29 is 27.4 Å². The molecule has 3 unspecified atom stereocenters. The first-order valence-corrected chi connectivity index (χ1v) is 10.6. The molecule has 3 fully saturated rings. The van der Waals surface area contributed by atoms with Crippen LogP contribution in [-0.4, -0.2) is 86.2 Å². The zero-order valence-electron chi connectivity index (χ0n) is 17.4. The smallest absolute Gasteiger partial charge is 0.377 e. The van der Waals surface area contributed by atoms with Gasteiger partial charge in [0.2, 0.25) is 0 Å². The zero-order valence-corrected chi connectivity index (χ0v) is 17.4. The molecule has 1 aromatic heterocycles. The van der Waals surface area contributed by atoms with Crippen molar-refractivity contribution in [3.8, 4) is 0 Å². The monoisotopic (exact) mass is 444 g/mol. The van der Waals surface area contributed by atoms with Crippen molar-refractivity contribution in [1.82, 2.24) is 9.88 Å². The van der Waals surface area contributed by atoms with Crippen LogP contribution in [0.3, 0.4) is 0 Å². The van der Waals surface area contributed by atoms with E-state index in [2.05, 4.69) is 4.98 Å². The third kappa shape index (κ3) is 4.67. The van der Waals surface area contributed by atoms with E-state index in [0.717, 1.165) is 11.3 Å². The second-order valence-corrected chi connectivity index (χ2v) is 8.24. The van der Waals surface area contributed by atoms with Gasteiger partial charge in [-0.05, 0) is 19.8 Å². The number of carbonyl (C=O) groups is 1. The number of pyridine rings is 1. The Hall–Kier alpha value is -2.27. The van der Waals surface area contributed by atoms with Gasteiger partial charge in [-0.3, -0.25) is 9.59 Å². The largest absolute Gasteiger partial charge is 0.410 e. The summed E-state index contributed by atoms with van der Waals surface area (Å²) in [5.74, 6) is -0.288. The van der Waals surface area contributed by atoms with Crippen LogP contribution in [0.2, 0.25) is 0 Å². The lowest BCUT2D eigenvalue weighted by Gasteiger charge is -2.43. The molecule has 8 nitrogen and oxygen atoms in total. The molecule has 0 saturated carbocycles. The van der Waals surface area contributed by atoms with Gasteiger partial charge in [-0.15, -0.1) is 0 Å². The molecule has 4 rings (SSSR count). The Kier molecular flexibility index (Phi) is 6.16. The number of halogens is 3. The molecular formula is C20H27F3N4O4. The maximum atomic E-state index is 14.0. The third-order valence-electron chi connectivity index (χ3n) is 6.10. The first-order chi connectivity index (χ1) is 14.7. The normalized spacial score (nSPS) is 27.6. The number of alkyl halides is 3. The maximum Gasteiger partial charge on any atom is 0.410 e. The molecule has 0 radical (unpaired) electrons. The Labute approximate surface area is 177 Å². The van der Waals surface area contributed by atoms with Crippen molar-refractivity contribution in [3.05, 3.63) is 22.5 Å². The van der Waals surface area contributed by atoms with Crippen LogP contribution in [0.5, 0.6) is 0 Å². The second kappa shape index (κ2) is 8.70. The van der Waals surface area contributed by atoms with Crippen molar-refractivity contribution in [3.63, 3.8) is 0 Å². The molecule has 11 heteroatoms. The fraction of sp³-hybridized carbons (Fsp3) is 0.700. The summed E-state index contributed by atoms with van der Waals surface area (Å²) < 4.78 is 52.7. The van der Waals surface area contributed by atoms with Crippen molar-refractivity contribution in [2.45, 2.75) is 44.1 Å². The van der Waals surface area contributed by atoms with E-state index in [0.29, 0.717) is 38.5 Å². The van der Waals surface area contributed by atoms with E-state index in [-0.39, 0.29) is 24.9 Å². The number of carbonyl (C=O) groups excluding carboxylic acids is 1. The van der Waals surface area contributed by atoms with Crippen molar-refractivity contribution in [2.24, 2.45) is 0 Å². The highest BCUT2D eigenvalue weighted by molar-refractivity contribution is 5.81. The molecular weight excluding hydrogens is 417 g/mol. The number of nitrogens with zero attached hydrogens (tertiary/aromatic N) is 3. The van der Waals surface area contributed by atoms with Gasteiger partial charge in [-0.1, -0.05) is 0 Å². The van der Waals surface area contributed by atoms with Crippen molar-refractivity contribution in [1.29, 1.82) is 0 Å². The summed E-state index contributed by atoms with van der Waals surface area (Å²) in [6.07, 6.45) is -3.98. The van der Waals surface area contributed by atoms with Crippen LogP contribution < -0.4 is 15.4 Å². The van der Waals surface area contributed by atoms with E-state index < -0.39 is 36.3 Å². The number of amides is 1. The fourth-order valence-corrected chi connectivity index (χ4v) is 4.47. The van der Waals surface area contributed by atoms with Crippen molar-refractivity contribution >= 4 is 17.4 Å². The standard InChI is InChI=1S/C20H27F3N4O4/c1-13-12-30-8-6-26(13)14-9-17(24-18(28)10-14)27-5-4-25(11-16(27)20(21,22)23)19(29)15-3-2-7-31-15/h9-10,13,15-16H,2-8,11-12H2,1H3,(H,24,28). The number of H-pyrrole nitrogens is 1. The summed E-state index contributed by atoms with van der Waals surface area (Å²) in [5.41, 5.74) is 0.0957. The topological polar surface area (TPSA) is 78.1 Å². The molecule has 0 aromatic carbocycles. The minimum atomic E-state index is -4.57. The molecule has 1 amide bonds. The molecule has 3 saturated heterocycles. The van der Waals surface area contributed by atoms with Gasteiger partial charge in [0.05, 0.1) is 19.8 Å². The van der Waals surface area contributed by atoms with E-state index in [9.17, 15) is 22.8 Å². The van der Waals surface area contributed by atoms with Gasteiger partial charge in [0.1, 0.15) is 18.0 Å². The highest BCUT2D eigenvalue weighted by Crippen LogP contribution is 2.33. The lowest BCUT2D eigenvalue weighted by atomic mass is 10.1. The van der Waals surface area contributed by atoms with E-state index in [1.807, 2.05) is 11.8 Å². The zero-order chi connectivity index (χ0) is 22.2. The van der Waals surface area contributed by atoms with Crippen molar-refractivity contribution in [2.75, 3.05) is 55.8 Å². The number of aromatic nitrogens is 1. The van der Waals surface area contributed by atoms with Gasteiger partial charge in [0, 0.05) is 50.1 Å². The van der Waals surface area contributed by atoms with Crippen LogP contribution in [0.1, 0.15) is 19.8 Å². The van der Waals surface area contributed by atoms with Crippen LogP contribution >= 0.6 is 0 Å². The maximum absolute atomic E-state index is 14.0. The van der Waals surface area contributed by atoms with E-state index in [1.54, 1.807) is 6.07 Å². The molecule has 3 aliphatic heterocycles. The lowest BCUT2D eigenvalue weighted by molar-refractivity contribution is -0.164. The van der Waals surface area contributed by atoms with Gasteiger partial charge >= 0.3 is 6.18 Å². The van der Waals surface area contributed by atoms with Gasteiger partial charge in [0.15, 0.2) is 0 Å². The van der Waals surface area contributed by atoms with Crippen LogP contribution in [0.4, 0.5) is 24.7 Å². The molecule has 0 aliphatic carbocycles. The number of anilines is 2. The summed E-state index contributed by atoms with van der Waals surface area (Å²) >= 11 is 0. The van der Waals surface area contributed by atoms with E-state index >= 15 is 0 Å². The summed E-state index contributed by atoms with van der Waals surface area (Å²) in [4.78, 5) is 31.8. The Morgan fingerprint density at radius 3 is 2.65 bits per heavy atom. The highest BCUT2D eigenvalue weighted by atomic mass is 19.4. The average Bonchev–Trinajstić information content (AvgIpc) is 3.27. The molecule has 31 heavy (non-hydrogen) atoms. The summed E-state index contributed by atoms with van der Waals surface area (Å²) in [6.45, 7) is 3.51. The molecule has 0 bridgehead atoms. The van der Waals surface area contributed by atoms with Crippen LogP contribution in [0.25, 0.3) is 0 Å². The Balaban J connectivity index is 1.59. The van der Waals surface area contributed by atoms with Crippen LogP contribution in [0, 0.1) is 0 Å². The second-order valence-electron chi connectivity index (χ2n) is 8.24.